The first-order chi connectivity index (χ1) is 13.8. The van der Waals surface area contributed by atoms with Crippen LogP contribution in [0.4, 0.5) is 8.78 Å². The maximum Gasteiger partial charge on any atom is 0.264 e. The predicted octanol–water partition coefficient (Wildman–Crippen LogP) is 3.78. The molecule has 1 amide bonds. The average molecular weight is 399 g/mol. The van der Waals surface area contributed by atoms with Gasteiger partial charge in [0.2, 0.25) is 5.91 Å². The highest BCUT2D eigenvalue weighted by atomic mass is 19.3. The van der Waals surface area contributed by atoms with Crippen LogP contribution < -0.4 is 5.32 Å². The summed E-state index contributed by atoms with van der Waals surface area (Å²) >= 11 is 0. The number of fused-ring (bicyclic) bond motifs is 1. The number of hydrogen-bond acceptors (Lipinski definition) is 4. The minimum atomic E-state index is -2.86. The fourth-order valence-corrected chi connectivity index (χ4v) is 3.33. The van der Waals surface area contributed by atoms with Crippen molar-refractivity contribution in [3.63, 3.8) is 0 Å². The molecular weight excluding hydrogens is 376 g/mol. The summed E-state index contributed by atoms with van der Waals surface area (Å²) in [4.78, 5) is 21.2. The molecule has 1 N–H and O–H groups in total. The maximum absolute atomic E-state index is 13.3. The molecule has 4 rings (SSSR count). The number of carbonyl (C=O) groups excluding carboxylic acids is 1. The molecular formula is C21H23F2N5O. The number of nitrogens with zero attached hydrogens (tertiary/aromatic N) is 4. The van der Waals surface area contributed by atoms with E-state index >= 15 is 0 Å². The Labute approximate surface area is 167 Å². The second-order valence-electron chi connectivity index (χ2n) is 7.87. The highest BCUT2D eigenvalue weighted by Gasteiger charge is 2.25. The van der Waals surface area contributed by atoms with Crippen molar-refractivity contribution >= 4 is 16.8 Å². The van der Waals surface area contributed by atoms with Crippen molar-refractivity contribution < 1.29 is 13.6 Å². The molecule has 8 heteroatoms. The van der Waals surface area contributed by atoms with Crippen LogP contribution in [0.2, 0.25) is 0 Å². The van der Waals surface area contributed by atoms with Crippen molar-refractivity contribution in [3.05, 3.63) is 53.7 Å². The average Bonchev–Trinajstić information content (AvgIpc) is 3.43. The van der Waals surface area contributed by atoms with E-state index in [2.05, 4.69) is 20.4 Å². The zero-order chi connectivity index (χ0) is 20.6. The van der Waals surface area contributed by atoms with Crippen LogP contribution in [0.3, 0.4) is 0 Å². The van der Waals surface area contributed by atoms with Gasteiger partial charge in [-0.2, -0.15) is 5.10 Å². The highest BCUT2D eigenvalue weighted by molar-refractivity contribution is 5.80. The van der Waals surface area contributed by atoms with Crippen molar-refractivity contribution in [1.29, 1.82) is 0 Å². The largest absolute Gasteiger partial charge is 0.348 e. The second kappa shape index (κ2) is 7.50. The maximum atomic E-state index is 13.3. The molecule has 6 nitrogen and oxygen atoms in total. The molecule has 0 bridgehead atoms. The summed E-state index contributed by atoms with van der Waals surface area (Å²) in [6.45, 7) is 2.19. The van der Waals surface area contributed by atoms with Crippen LogP contribution in [0.25, 0.3) is 10.9 Å². The van der Waals surface area contributed by atoms with Crippen molar-refractivity contribution in [2.75, 3.05) is 0 Å². The van der Waals surface area contributed by atoms with Gasteiger partial charge in [0.15, 0.2) is 0 Å². The zero-order valence-electron chi connectivity index (χ0n) is 16.4. The SMILES string of the molecule is C[C@@H](NC(=O)Cc1ccc(C2CC2)nc1)c1cc2cnn(CC(C)(F)F)c2cn1. The molecule has 1 saturated carbocycles. The number of rotatable bonds is 7. The van der Waals surface area contributed by atoms with E-state index in [1.807, 2.05) is 19.1 Å². The molecule has 1 atom stereocenters. The standard InChI is InChI=1S/C21H23F2N5O/c1-13(27-20(29)7-14-3-6-17(24-9-14)15-4-5-15)18-8-16-10-26-28(12-21(2,22)23)19(16)11-25-18/h3,6,8-11,13,15H,4-5,7,12H2,1-2H3,(H,27,29)/t13-/m1/s1. The lowest BCUT2D eigenvalue weighted by Crippen LogP contribution is -2.28. The minimum absolute atomic E-state index is 0.123. The van der Waals surface area contributed by atoms with Crippen molar-refractivity contribution in [2.45, 2.75) is 57.5 Å². The van der Waals surface area contributed by atoms with Crippen LogP contribution in [0, 0.1) is 0 Å². The molecule has 1 aliphatic rings. The molecule has 3 aromatic heterocycles. The number of aromatic nitrogens is 4. The lowest BCUT2D eigenvalue weighted by atomic mass is 10.1. The summed E-state index contributed by atoms with van der Waals surface area (Å²) in [7, 11) is 0. The van der Waals surface area contributed by atoms with Crippen LogP contribution in [0.1, 0.15) is 55.6 Å². The van der Waals surface area contributed by atoms with E-state index in [4.69, 9.17) is 0 Å². The van der Waals surface area contributed by atoms with Crippen molar-refractivity contribution in [1.82, 2.24) is 25.1 Å². The van der Waals surface area contributed by atoms with E-state index in [-0.39, 0.29) is 18.4 Å². The Morgan fingerprint density at radius 3 is 2.72 bits per heavy atom. The Morgan fingerprint density at radius 2 is 2.07 bits per heavy atom. The summed E-state index contributed by atoms with van der Waals surface area (Å²) < 4.78 is 27.8. The monoisotopic (exact) mass is 399 g/mol. The first kappa shape index (κ1) is 19.4. The fraction of sp³-hybridized carbons (Fsp3) is 0.429. The van der Waals surface area contributed by atoms with Crippen LogP contribution in [-0.2, 0) is 17.8 Å². The van der Waals surface area contributed by atoms with E-state index in [0.717, 1.165) is 18.2 Å². The molecule has 1 aliphatic carbocycles. The first-order valence-corrected chi connectivity index (χ1v) is 9.72. The lowest BCUT2D eigenvalue weighted by Gasteiger charge is -2.14. The van der Waals surface area contributed by atoms with E-state index in [1.54, 1.807) is 12.3 Å². The third-order valence-electron chi connectivity index (χ3n) is 5.01. The quantitative estimate of drug-likeness (QED) is 0.656. The fourth-order valence-electron chi connectivity index (χ4n) is 3.33. The Bertz CT molecular complexity index is 1020. The first-order valence-electron chi connectivity index (χ1n) is 9.72. The van der Waals surface area contributed by atoms with E-state index in [1.165, 1.54) is 29.9 Å². The van der Waals surface area contributed by atoms with Gasteiger partial charge < -0.3 is 5.32 Å². The van der Waals surface area contributed by atoms with Gasteiger partial charge in [0.05, 0.1) is 36.1 Å². The number of alkyl halides is 2. The molecule has 3 heterocycles. The summed E-state index contributed by atoms with van der Waals surface area (Å²) in [6.07, 6.45) is 7.46. The summed E-state index contributed by atoms with van der Waals surface area (Å²) in [6, 6.07) is 5.40. The number of halogens is 2. The van der Waals surface area contributed by atoms with E-state index in [9.17, 15) is 13.6 Å². The second-order valence-corrected chi connectivity index (χ2v) is 7.87. The highest BCUT2D eigenvalue weighted by Crippen LogP contribution is 2.38. The van der Waals surface area contributed by atoms with Gasteiger partial charge in [-0.05, 0) is 37.5 Å². The predicted molar refractivity (Wildman–Crippen MR) is 105 cm³/mol. The molecule has 1 fully saturated rings. The number of nitrogens with one attached hydrogen (secondary N) is 1. The Hall–Kier alpha value is -2.90. The van der Waals surface area contributed by atoms with Gasteiger partial charge in [-0.25, -0.2) is 8.78 Å². The van der Waals surface area contributed by atoms with Crippen LogP contribution in [0.15, 0.2) is 36.8 Å². The molecule has 0 unspecified atom stereocenters. The summed E-state index contributed by atoms with van der Waals surface area (Å²) in [5.41, 5.74) is 3.15. The van der Waals surface area contributed by atoms with Gasteiger partial charge in [0.1, 0.15) is 6.54 Å². The molecule has 0 saturated heterocycles. The Morgan fingerprint density at radius 1 is 1.28 bits per heavy atom. The third kappa shape index (κ3) is 4.75. The number of pyridine rings is 2. The van der Waals surface area contributed by atoms with E-state index < -0.39 is 12.5 Å². The van der Waals surface area contributed by atoms with Crippen LogP contribution in [-0.4, -0.2) is 31.6 Å². The number of carbonyl (C=O) groups is 1. The van der Waals surface area contributed by atoms with Gasteiger partial charge >= 0.3 is 0 Å². The zero-order valence-corrected chi connectivity index (χ0v) is 16.4. The molecule has 0 aliphatic heterocycles. The van der Waals surface area contributed by atoms with E-state index in [0.29, 0.717) is 22.5 Å². The van der Waals surface area contributed by atoms with Gasteiger partial charge in [-0.1, -0.05) is 6.07 Å². The van der Waals surface area contributed by atoms with Gasteiger partial charge in [-0.3, -0.25) is 19.4 Å². The molecule has 0 radical (unpaired) electrons. The van der Waals surface area contributed by atoms with Crippen molar-refractivity contribution in [3.8, 4) is 0 Å². The summed E-state index contributed by atoms with van der Waals surface area (Å²) in [5, 5.41) is 7.66. The summed E-state index contributed by atoms with van der Waals surface area (Å²) in [5.74, 6) is -2.39. The van der Waals surface area contributed by atoms with Crippen LogP contribution in [0.5, 0.6) is 0 Å². The van der Waals surface area contributed by atoms with Crippen molar-refractivity contribution in [2.24, 2.45) is 0 Å². The third-order valence-corrected chi connectivity index (χ3v) is 5.01. The molecule has 0 aromatic carbocycles. The van der Waals surface area contributed by atoms with Crippen LogP contribution >= 0.6 is 0 Å². The Kier molecular flexibility index (Phi) is 5.02. The Balaban J connectivity index is 1.40. The molecule has 152 valence electrons. The van der Waals surface area contributed by atoms with Gasteiger partial charge in [-0.15, -0.1) is 0 Å². The smallest absolute Gasteiger partial charge is 0.264 e. The molecule has 3 aromatic rings. The minimum Gasteiger partial charge on any atom is -0.348 e. The number of hydrogen-bond donors (Lipinski definition) is 1. The van der Waals surface area contributed by atoms with Gasteiger partial charge in [0, 0.05) is 30.1 Å². The van der Waals surface area contributed by atoms with Gasteiger partial charge in [0.25, 0.3) is 5.92 Å². The normalized spacial score (nSPS) is 15.4. The lowest BCUT2D eigenvalue weighted by molar-refractivity contribution is -0.121. The molecule has 29 heavy (non-hydrogen) atoms. The molecule has 0 spiro atoms. The topological polar surface area (TPSA) is 72.7 Å². The number of amides is 1.